The van der Waals surface area contributed by atoms with Gasteiger partial charge >= 0.3 is 11.8 Å². The van der Waals surface area contributed by atoms with Gasteiger partial charge in [-0.25, -0.2) is 0 Å². The van der Waals surface area contributed by atoms with Crippen molar-refractivity contribution in [3.63, 3.8) is 0 Å². The molecule has 0 aliphatic heterocycles. The van der Waals surface area contributed by atoms with Crippen molar-refractivity contribution in [2.45, 2.75) is 58.3 Å². The van der Waals surface area contributed by atoms with Crippen molar-refractivity contribution in [3.05, 3.63) is 24.3 Å². The molecular weight excluding hydrogens is 292 g/mol. The summed E-state index contributed by atoms with van der Waals surface area (Å²) in [7, 11) is 0. The number of hydrogen-bond acceptors (Lipinski definition) is 3. The Morgan fingerprint density at radius 1 is 0.957 bits per heavy atom. The summed E-state index contributed by atoms with van der Waals surface area (Å²) in [5.74, 6) is -1.55. The molecule has 0 bridgehead atoms. The first-order valence-corrected chi connectivity index (χ1v) is 8.46. The molecular formula is C18H28N2O3. The number of rotatable bonds is 10. The number of benzene rings is 1. The van der Waals surface area contributed by atoms with Gasteiger partial charge in [0.05, 0.1) is 0 Å². The number of phenols is 1. The summed E-state index contributed by atoms with van der Waals surface area (Å²) in [6.45, 7) is 2.66. The smallest absolute Gasteiger partial charge is 0.316 e. The highest BCUT2D eigenvalue weighted by Crippen LogP contribution is 2.19. The van der Waals surface area contributed by atoms with Crippen molar-refractivity contribution in [1.29, 1.82) is 0 Å². The lowest BCUT2D eigenvalue weighted by molar-refractivity contribution is -0.135. The van der Waals surface area contributed by atoms with Crippen LogP contribution in [-0.2, 0) is 9.59 Å². The van der Waals surface area contributed by atoms with Crippen molar-refractivity contribution < 1.29 is 14.7 Å². The van der Waals surface area contributed by atoms with E-state index in [2.05, 4.69) is 6.92 Å². The Morgan fingerprint density at radius 3 is 2.00 bits per heavy atom. The molecule has 0 unspecified atom stereocenters. The summed E-state index contributed by atoms with van der Waals surface area (Å²) >= 11 is 0. The van der Waals surface area contributed by atoms with E-state index in [9.17, 15) is 14.7 Å². The Hall–Kier alpha value is -2.04. The van der Waals surface area contributed by atoms with Gasteiger partial charge in [0.15, 0.2) is 0 Å². The topological polar surface area (TPSA) is 83.6 Å². The van der Waals surface area contributed by atoms with Crippen molar-refractivity contribution in [2.75, 3.05) is 11.4 Å². The Balaban J connectivity index is 2.44. The van der Waals surface area contributed by atoms with E-state index in [-0.39, 0.29) is 5.75 Å². The Morgan fingerprint density at radius 2 is 1.48 bits per heavy atom. The summed E-state index contributed by atoms with van der Waals surface area (Å²) in [5.41, 5.74) is 5.70. The van der Waals surface area contributed by atoms with Crippen LogP contribution in [0.2, 0.25) is 0 Å². The molecule has 5 heteroatoms. The first-order chi connectivity index (χ1) is 11.1. The van der Waals surface area contributed by atoms with Crippen LogP contribution in [0.4, 0.5) is 5.69 Å². The standard InChI is InChI=1S/C18H28N2O3/c1-2-3-4-5-6-7-8-9-14-20(18(23)17(19)22)15-10-12-16(21)13-11-15/h10-13,21H,2-9,14H2,1H3,(H2,19,22). The maximum Gasteiger partial charge on any atom is 0.316 e. The Labute approximate surface area is 138 Å². The number of aromatic hydroxyl groups is 1. The minimum Gasteiger partial charge on any atom is -0.508 e. The molecule has 0 saturated carbocycles. The van der Waals surface area contributed by atoms with Gasteiger partial charge < -0.3 is 15.7 Å². The van der Waals surface area contributed by atoms with Gasteiger partial charge in [0.2, 0.25) is 0 Å². The molecule has 0 radical (unpaired) electrons. The second kappa shape index (κ2) is 10.6. The second-order valence-electron chi connectivity index (χ2n) is 5.81. The third-order valence-corrected chi connectivity index (χ3v) is 3.85. The lowest BCUT2D eigenvalue weighted by atomic mass is 10.1. The van der Waals surface area contributed by atoms with Crippen LogP contribution in [0.3, 0.4) is 0 Å². The number of unbranched alkanes of at least 4 members (excludes halogenated alkanes) is 7. The van der Waals surface area contributed by atoms with E-state index < -0.39 is 11.8 Å². The largest absolute Gasteiger partial charge is 0.508 e. The number of amides is 2. The van der Waals surface area contributed by atoms with Gasteiger partial charge in [0, 0.05) is 12.2 Å². The molecule has 1 aromatic rings. The van der Waals surface area contributed by atoms with E-state index in [1.165, 1.54) is 49.1 Å². The van der Waals surface area contributed by atoms with Crippen LogP contribution in [-0.4, -0.2) is 23.5 Å². The van der Waals surface area contributed by atoms with Crippen LogP contribution >= 0.6 is 0 Å². The van der Waals surface area contributed by atoms with Crippen LogP contribution in [0.15, 0.2) is 24.3 Å². The first-order valence-electron chi connectivity index (χ1n) is 8.46. The molecule has 0 aliphatic carbocycles. The average Bonchev–Trinajstić information content (AvgIpc) is 2.54. The fraction of sp³-hybridized carbons (Fsp3) is 0.556. The number of hydrogen-bond donors (Lipinski definition) is 2. The maximum absolute atomic E-state index is 12.0. The lowest BCUT2D eigenvalue weighted by Gasteiger charge is -2.21. The zero-order chi connectivity index (χ0) is 17.1. The van der Waals surface area contributed by atoms with Crippen molar-refractivity contribution in [2.24, 2.45) is 5.73 Å². The summed E-state index contributed by atoms with van der Waals surface area (Å²) in [6, 6.07) is 6.20. The van der Waals surface area contributed by atoms with E-state index in [1.54, 1.807) is 12.1 Å². The molecule has 0 fully saturated rings. The highest BCUT2D eigenvalue weighted by Gasteiger charge is 2.20. The lowest BCUT2D eigenvalue weighted by Crippen LogP contribution is -2.41. The van der Waals surface area contributed by atoms with Crippen molar-refractivity contribution in [1.82, 2.24) is 0 Å². The fourth-order valence-electron chi connectivity index (χ4n) is 2.52. The maximum atomic E-state index is 12.0. The molecule has 0 saturated heterocycles. The minimum absolute atomic E-state index is 0.118. The van der Waals surface area contributed by atoms with Gasteiger partial charge in [-0.3, -0.25) is 9.59 Å². The zero-order valence-electron chi connectivity index (χ0n) is 14.0. The average molecular weight is 320 g/mol. The van der Waals surface area contributed by atoms with Gasteiger partial charge in [-0.05, 0) is 30.7 Å². The molecule has 3 N–H and O–H groups in total. The molecule has 0 atom stereocenters. The predicted octanol–water partition coefficient (Wildman–Crippen LogP) is 3.35. The van der Waals surface area contributed by atoms with Gasteiger partial charge in [0.25, 0.3) is 0 Å². The van der Waals surface area contributed by atoms with Gasteiger partial charge in [-0.2, -0.15) is 0 Å². The Bertz CT molecular complexity index is 486. The summed E-state index contributed by atoms with van der Waals surface area (Å²) < 4.78 is 0. The Kier molecular flexibility index (Phi) is 8.80. The third kappa shape index (κ3) is 7.17. The molecule has 1 rings (SSSR count). The number of primary amides is 1. The molecule has 128 valence electrons. The summed E-state index contributed by atoms with van der Waals surface area (Å²) in [5, 5.41) is 9.33. The highest BCUT2D eigenvalue weighted by atomic mass is 16.3. The number of carbonyl (C=O) groups excluding carboxylic acids is 2. The van der Waals surface area contributed by atoms with Crippen LogP contribution in [0.25, 0.3) is 0 Å². The molecule has 1 aromatic carbocycles. The van der Waals surface area contributed by atoms with Crippen molar-refractivity contribution in [3.8, 4) is 5.75 Å². The number of nitrogens with zero attached hydrogens (tertiary/aromatic N) is 1. The SMILES string of the molecule is CCCCCCCCCCN(C(=O)C(N)=O)c1ccc(O)cc1. The molecule has 0 heterocycles. The van der Waals surface area contributed by atoms with E-state index >= 15 is 0 Å². The molecule has 0 aliphatic rings. The number of phenolic OH excluding ortho intramolecular Hbond substituents is 1. The van der Waals surface area contributed by atoms with E-state index in [1.807, 2.05) is 0 Å². The monoisotopic (exact) mass is 320 g/mol. The van der Waals surface area contributed by atoms with Crippen LogP contribution in [0.5, 0.6) is 5.75 Å². The number of carbonyl (C=O) groups is 2. The van der Waals surface area contributed by atoms with Crippen molar-refractivity contribution >= 4 is 17.5 Å². The predicted molar refractivity (Wildman–Crippen MR) is 92.3 cm³/mol. The molecule has 2 amide bonds. The van der Waals surface area contributed by atoms with Crippen LogP contribution in [0.1, 0.15) is 58.3 Å². The van der Waals surface area contributed by atoms with Gasteiger partial charge in [0.1, 0.15) is 5.75 Å². The molecule has 0 aromatic heterocycles. The highest BCUT2D eigenvalue weighted by molar-refractivity contribution is 6.39. The quantitative estimate of drug-likeness (QED) is 0.512. The van der Waals surface area contributed by atoms with Crippen LogP contribution in [0, 0.1) is 0 Å². The van der Waals surface area contributed by atoms with Crippen LogP contribution < -0.4 is 10.6 Å². The number of nitrogens with two attached hydrogens (primary N) is 1. The normalized spacial score (nSPS) is 10.5. The van der Waals surface area contributed by atoms with E-state index in [0.717, 1.165) is 19.3 Å². The molecule has 23 heavy (non-hydrogen) atoms. The molecule has 0 spiro atoms. The van der Waals surface area contributed by atoms with Gasteiger partial charge in [-0.15, -0.1) is 0 Å². The third-order valence-electron chi connectivity index (χ3n) is 3.85. The number of anilines is 1. The van der Waals surface area contributed by atoms with E-state index in [0.29, 0.717) is 12.2 Å². The van der Waals surface area contributed by atoms with E-state index in [4.69, 9.17) is 5.73 Å². The molecule has 5 nitrogen and oxygen atoms in total. The zero-order valence-corrected chi connectivity index (χ0v) is 14.0. The summed E-state index contributed by atoms with van der Waals surface area (Å²) in [4.78, 5) is 24.5. The first kappa shape index (κ1) is 19.0. The fourth-order valence-corrected chi connectivity index (χ4v) is 2.52. The minimum atomic E-state index is -0.961. The second-order valence-corrected chi connectivity index (χ2v) is 5.81. The van der Waals surface area contributed by atoms with Gasteiger partial charge in [-0.1, -0.05) is 51.9 Å². The summed E-state index contributed by atoms with van der Waals surface area (Å²) in [6.07, 6.45) is 9.28.